The highest BCUT2D eigenvalue weighted by Gasteiger charge is 2.27. The number of hydrogen-bond donors (Lipinski definition) is 1. The monoisotopic (exact) mass is 458 g/mol. The maximum absolute atomic E-state index is 13.0. The average molecular weight is 459 g/mol. The zero-order chi connectivity index (χ0) is 22.6. The summed E-state index contributed by atoms with van der Waals surface area (Å²) in [6.45, 7) is 4.42. The highest BCUT2D eigenvalue weighted by Crippen LogP contribution is 2.26. The van der Waals surface area contributed by atoms with Crippen LogP contribution in [0.1, 0.15) is 50.6 Å². The van der Waals surface area contributed by atoms with Gasteiger partial charge in [-0.1, -0.05) is 13.3 Å². The summed E-state index contributed by atoms with van der Waals surface area (Å²) in [5.74, 6) is 1.44. The molecule has 1 aliphatic heterocycles. The minimum atomic E-state index is -3.49. The third kappa shape index (κ3) is 4.88. The summed E-state index contributed by atoms with van der Waals surface area (Å²) < 4.78 is 34.8. The van der Waals surface area contributed by atoms with Crippen LogP contribution in [0.3, 0.4) is 0 Å². The van der Waals surface area contributed by atoms with Gasteiger partial charge >= 0.3 is 0 Å². The molecule has 0 atom stereocenters. The maximum atomic E-state index is 13.0. The molecule has 1 amide bonds. The number of imidazole rings is 1. The third-order valence-electron chi connectivity index (χ3n) is 5.85. The number of sulfonamides is 1. The average Bonchev–Trinajstić information content (AvgIpc) is 3.55. The van der Waals surface area contributed by atoms with E-state index in [0.717, 1.165) is 43.6 Å². The van der Waals surface area contributed by atoms with Crippen LogP contribution in [0.25, 0.3) is 11.0 Å². The van der Waals surface area contributed by atoms with Crippen molar-refractivity contribution < 1.29 is 17.6 Å². The van der Waals surface area contributed by atoms with Gasteiger partial charge in [0.2, 0.25) is 15.9 Å². The summed E-state index contributed by atoms with van der Waals surface area (Å²) in [7, 11) is -3.49. The molecule has 32 heavy (non-hydrogen) atoms. The van der Waals surface area contributed by atoms with Crippen molar-refractivity contribution in [3.63, 3.8) is 0 Å². The number of aromatic nitrogens is 2. The first-order valence-electron chi connectivity index (χ1n) is 11.3. The normalized spacial score (nSPS) is 14.9. The van der Waals surface area contributed by atoms with Gasteiger partial charge in [0.15, 0.2) is 0 Å². The van der Waals surface area contributed by atoms with Gasteiger partial charge in [-0.25, -0.2) is 13.4 Å². The number of fused-ring (bicyclic) bond motifs is 1. The van der Waals surface area contributed by atoms with Crippen LogP contribution < -0.4 is 5.32 Å². The third-order valence-corrected chi connectivity index (χ3v) is 7.75. The van der Waals surface area contributed by atoms with Crippen molar-refractivity contribution in [2.75, 3.05) is 13.1 Å². The molecule has 0 spiro atoms. The van der Waals surface area contributed by atoms with E-state index in [1.165, 1.54) is 0 Å². The van der Waals surface area contributed by atoms with Gasteiger partial charge in [-0.3, -0.25) is 4.79 Å². The van der Waals surface area contributed by atoms with Gasteiger partial charge in [-0.05, 0) is 49.6 Å². The number of carbonyl (C=O) groups is 1. The summed E-state index contributed by atoms with van der Waals surface area (Å²) in [6.07, 6.45) is 6.18. The van der Waals surface area contributed by atoms with Gasteiger partial charge in [-0.15, -0.1) is 0 Å². The van der Waals surface area contributed by atoms with E-state index in [-0.39, 0.29) is 10.8 Å². The number of unbranched alkanes of at least 4 members (excludes halogenated alkanes) is 1. The van der Waals surface area contributed by atoms with E-state index in [2.05, 4.69) is 16.8 Å². The molecule has 1 saturated heterocycles. The SMILES string of the molecule is CCCCn1c(CCC(=O)NCc2ccco2)nc2cc(S(=O)(=O)N3CCCC3)ccc21. The molecule has 172 valence electrons. The van der Waals surface area contributed by atoms with Gasteiger partial charge in [0.05, 0.1) is 28.7 Å². The van der Waals surface area contributed by atoms with Gasteiger partial charge in [-0.2, -0.15) is 4.31 Å². The predicted molar refractivity (Wildman–Crippen MR) is 122 cm³/mol. The number of aryl methyl sites for hydroxylation is 2. The summed E-state index contributed by atoms with van der Waals surface area (Å²) in [5.41, 5.74) is 1.57. The fourth-order valence-electron chi connectivity index (χ4n) is 4.07. The second-order valence-corrected chi connectivity index (χ2v) is 10.1. The Kier molecular flexibility index (Phi) is 6.95. The number of nitrogens with one attached hydrogen (secondary N) is 1. The topological polar surface area (TPSA) is 97.4 Å². The number of furan rings is 1. The lowest BCUT2D eigenvalue weighted by Crippen LogP contribution is -2.27. The van der Waals surface area contributed by atoms with Crippen LogP contribution in [0.5, 0.6) is 0 Å². The van der Waals surface area contributed by atoms with E-state index < -0.39 is 10.0 Å². The van der Waals surface area contributed by atoms with Crippen LogP contribution in [0, 0.1) is 0 Å². The molecular formula is C23H30N4O4S. The Hall–Kier alpha value is -2.65. The van der Waals surface area contributed by atoms with E-state index in [1.54, 1.807) is 28.8 Å². The van der Waals surface area contributed by atoms with Gasteiger partial charge in [0.25, 0.3) is 0 Å². The number of rotatable bonds is 10. The second-order valence-electron chi connectivity index (χ2n) is 8.15. The number of nitrogens with zero attached hydrogens (tertiary/aromatic N) is 3. The fraction of sp³-hybridized carbons (Fsp3) is 0.478. The molecule has 0 radical (unpaired) electrons. The second kappa shape index (κ2) is 9.87. The number of benzene rings is 1. The lowest BCUT2D eigenvalue weighted by Gasteiger charge is -2.15. The Morgan fingerprint density at radius 1 is 1.22 bits per heavy atom. The summed E-state index contributed by atoms with van der Waals surface area (Å²) in [4.78, 5) is 17.3. The van der Waals surface area contributed by atoms with Crippen LogP contribution in [-0.2, 0) is 34.3 Å². The molecule has 1 aromatic carbocycles. The van der Waals surface area contributed by atoms with E-state index >= 15 is 0 Å². The van der Waals surface area contributed by atoms with Crippen LogP contribution in [0.15, 0.2) is 45.9 Å². The molecule has 4 rings (SSSR count). The van der Waals surface area contributed by atoms with Crippen molar-refractivity contribution >= 4 is 27.0 Å². The molecule has 8 nitrogen and oxygen atoms in total. The highest BCUT2D eigenvalue weighted by molar-refractivity contribution is 7.89. The lowest BCUT2D eigenvalue weighted by molar-refractivity contribution is -0.121. The minimum absolute atomic E-state index is 0.0761. The van der Waals surface area contributed by atoms with Crippen molar-refractivity contribution in [1.82, 2.24) is 19.2 Å². The molecule has 0 saturated carbocycles. The van der Waals surface area contributed by atoms with Crippen molar-refractivity contribution in [2.24, 2.45) is 0 Å². The Bertz CT molecular complexity index is 1160. The summed E-state index contributed by atoms with van der Waals surface area (Å²) in [6, 6.07) is 8.81. The number of amides is 1. The molecule has 1 aliphatic rings. The molecule has 1 fully saturated rings. The first-order valence-corrected chi connectivity index (χ1v) is 12.7. The summed E-state index contributed by atoms with van der Waals surface area (Å²) in [5, 5.41) is 2.86. The number of hydrogen-bond acceptors (Lipinski definition) is 5. The van der Waals surface area contributed by atoms with E-state index in [1.807, 2.05) is 12.1 Å². The highest BCUT2D eigenvalue weighted by atomic mass is 32.2. The fourth-order valence-corrected chi connectivity index (χ4v) is 5.60. The van der Waals surface area contributed by atoms with Crippen molar-refractivity contribution in [3.05, 3.63) is 48.2 Å². The molecule has 0 bridgehead atoms. The molecule has 2 aromatic heterocycles. The van der Waals surface area contributed by atoms with Crippen molar-refractivity contribution in [2.45, 2.75) is 63.4 Å². The first-order chi connectivity index (χ1) is 15.5. The zero-order valence-electron chi connectivity index (χ0n) is 18.4. The molecule has 1 N–H and O–H groups in total. The summed E-state index contributed by atoms with van der Waals surface area (Å²) >= 11 is 0. The quantitative estimate of drug-likeness (QED) is 0.502. The largest absolute Gasteiger partial charge is 0.467 e. The Balaban J connectivity index is 1.53. The maximum Gasteiger partial charge on any atom is 0.243 e. The Morgan fingerprint density at radius 3 is 2.75 bits per heavy atom. The molecular weight excluding hydrogens is 428 g/mol. The Morgan fingerprint density at radius 2 is 2.03 bits per heavy atom. The molecule has 3 aromatic rings. The minimum Gasteiger partial charge on any atom is -0.467 e. The van der Waals surface area contributed by atoms with Crippen LogP contribution in [0.4, 0.5) is 0 Å². The van der Waals surface area contributed by atoms with E-state index in [0.29, 0.717) is 43.8 Å². The predicted octanol–water partition coefficient (Wildman–Crippen LogP) is 3.46. The smallest absolute Gasteiger partial charge is 0.243 e. The van der Waals surface area contributed by atoms with Crippen LogP contribution >= 0.6 is 0 Å². The van der Waals surface area contributed by atoms with Gasteiger partial charge < -0.3 is 14.3 Å². The molecule has 0 aliphatic carbocycles. The van der Waals surface area contributed by atoms with Gasteiger partial charge in [0, 0.05) is 32.5 Å². The van der Waals surface area contributed by atoms with E-state index in [9.17, 15) is 13.2 Å². The zero-order valence-corrected chi connectivity index (χ0v) is 19.2. The van der Waals surface area contributed by atoms with Crippen molar-refractivity contribution in [3.8, 4) is 0 Å². The molecule has 0 unspecified atom stereocenters. The van der Waals surface area contributed by atoms with E-state index in [4.69, 9.17) is 9.40 Å². The Labute approximate surface area is 188 Å². The first kappa shape index (κ1) is 22.5. The molecule has 3 heterocycles. The number of carbonyl (C=O) groups excluding carboxylic acids is 1. The standard InChI is InChI=1S/C23H30N4O4S/c1-2-3-14-27-21-9-8-19(32(29,30)26-12-4-5-13-26)16-20(21)25-22(27)10-11-23(28)24-17-18-7-6-15-31-18/h6-9,15-16H,2-5,10-14,17H2,1H3,(H,24,28). The van der Waals surface area contributed by atoms with Crippen LogP contribution in [-0.4, -0.2) is 41.3 Å². The lowest BCUT2D eigenvalue weighted by atomic mass is 10.2. The van der Waals surface area contributed by atoms with Crippen molar-refractivity contribution in [1.29, 1.82) is 0 Å². The molecule has 9 heteroatoms. The van der Waals surface area contributed by atoms with Crippen LogP contribution in [0.2, 0.25) is 0 Å². The van der Waals surface area contributed by atoms with Gasteiger partial charge in [0.1, 0.15) is 11.6 Å².